The SMILES string of the molecule is Cc1ccc(COc2ccc3nc(C4CCCC[C@@H]4C(=O)O)n(Cc4ccc(N5CC(F)(F)C5)cc4)c3c2)nc1. The summed E-state index contributed by atoms with van der Waals surface area (Å²) in [5.74, 6) is -2.64. The minimum atomic E-state index is -2.63. The highest BCUT2D eigenvalue weighted by molar-refractivity contribution is 5.79. The predicted octanol–water partition coefficient (Wildman–Crippen LogP) is 6.18. The van der Waals surface area contributed by atoms with Crippen molar-refractivity contribution < 1.29 is 23.4 Å². The summed E-state index contributed by atoms with van der Waals surface area (Å²) in [5, 5.41) is 9.99. The van der Waals surface area contributed by atoms with Crippen molar-refractivity contribution in [2.45, 2.75) is 57.6 Å². The van der Waals surface area contributed by atoms with E-state index in [4.69, 9.17) is 9.72 Å². The summed E-state index contributed by atoms with van der Waals surface area (Å²) in [6.45, 7) is 2.27. The van der Waals surface area contributed by atoms with Crippen LogP contribution < -0.4 is 9.64 Å². The van der Waals surface area contributed by atoms with E-state index < -0.39 is 17.8 Å². The number of fused-ring (bicyclic) bond motifs is 1. The van der Waals surface area contributed by atoms with Crippen LogP contribution in [0.15, 0.2) is 60.8 Å². The molecule has 3 heterocycles. The van der Waals surface area contributed by atoms with E-state index in [1.807, 2.05) is 67.7 Å². The molecule has 1 N–H and O–H groups in total. The van der Waals surface area contributed by atoms with Crippen molar-refractivity contribution in [2.75, 3.05) is 18.0 Å². The molecule has 0 bridgehead atoms. The number of benzene rings is 2. The van der Waals surface area contributed by atoms with E-state index in [-0.39, 0.29) is 19.0 Å². The fraction of sp³-hybridized carbons (Fsp3) is 0.387. The molecule has 0 spiro atoms. The number of carbonyl (C=O) groups is 1. The fourth-order valence-electron chi connectivity index (χ4n) is 5.83. The molecule has 1 aliphatic heterocycles. The smallest absolute Gasteiger partial charge is 0.307 e. The molecule has 1 saturated carbocycles. The zero-order chi connectivity index (χ0) is 27.9. The van der Waals surface area contributed by atoms with E-state index in [1.165, 1.54) is 0 Å². The van der Waals surface area contributed by atoms with Gasteiger partial charge in [0.15, 0.2) is 0 Å². The topological polar surface area (TPSA) is 80.5 Å². The molecule has 9 heteroatoms. The van der Waals surface area contributed by atoms with Crippen LogP contribution in [0.25, 0.3) is 11.0 Å². The number of aryl methyl sites for hydroxylation is 1. The summed E-state index contributed by atoms with van der Waals surface area (Å²) < 4.78 is 34.9. The van der Waals surface area contributed by atoms with Gasteiger partial charge in [-0.2, -0.15) is 0 Å². The lowest BCUT2D eigenvalue weighted by Crippen LogP contribution is -2.56. The van der Waals surface area contributed by atoms with E-state index in [9.17, 15) is 18.7 Å². The second-order valence-electron chi connectivity index (χ2n) is 11.0. The minimum absolute atomic E-state index is 0.192. The number of imidazole rings is 1. The molecule has 2 fully saturated rings. The monoisotopic (exact) mass is 546 g/mol. The number of aliphatic carboxylic acids is 1. The van der Waals surface area contributed by atoms with Crippen LogP contribution in [-0.4, -0.2) is 44.6 Å². The van der Waals surface area contributed by atoms with Crippen molar-refractivity contribution in [1.29, 1.82) is 0 Å². The zero-order valence-corrected chi connectivity index (χ0v) is 22.4. The molecule has 1 unspecified atom stereocenters. The Bertz CT molecular complexity index is 1510. The molecule has 40 heavy (non-hydrogen) atoms. The van der Waals surface area contributed by atoms with Gasteiger partial charge < -0.3 is 19.3 Å². The third-order valence-electron chi connectivity index (χ3n) is 8.01. The number of nitrogens with zero attached hydrogens (tertiary/aromatic N) is 4. The van der Waals surface area contributed by atoms with Gasteiger partial charge >= 0.3 is 5.97 Å². The summed E-state index contributed by atoms with van der Waals surface area (Å²) in [4.78, 5) is 23.2. The van der Waals surface area contributed by atoms with Gasteiger partial charge in [0.1, 0.15) is 18.2 Å². The van der Waals surface area contributed by atoms with Gasteiger partial charge in [0, 0.05) is 30.4 Å². The van der Waals surface area contributed by atoms with Crippen LogP contribution in [0.5, 0.6) is 5.75 Å². The Morgan fingerprint density at radius 1 is 1.07 bits per heavy atom. The van der Waals surface area contributed by atoms with Crippen LogP contribution in [0.2, 0.25) is 0 Å². The number of ether oxygens (including phenoxy) is 1. The number of hydrogen-bond donors (Lipinski definition) is 1. The van der Waals surface area contributed by atoms with E-state index >= 15 is 0 Å². The van der Waals surface area contributed by atoms with E-state index in [1.54, 1.807) is 4.90 Å². The highest BCUT2D eigenvalue weighted by atomic mass is 19.3. The van der Waals surface area contributed by atoms with Gasteiger partial charge in [-0.1, -0.05) is 31.0 Å². The Hall–Kier alpha value is -4.01. The molecular weight excluding hydrogens is 514 g/mol. The van der Waals surface area contributed by atoms with E-state index in [2.05, 4.69) is 9.55 Å². The molecule has 2 aromatic heterocycles. The number of alkyl halides is 2. The number of aromatic nitrogens is 3. The highest BCUT2D eigenvalue weighted by Gasteiger charge is 2.43. The largest absolute Gasteiger partial charge is 0.487 e. The third kappa shape index (κ3) is 5.37. The molecule has 2 aromatic carbocycles. The van der Waals surface area contributed by atoms with E-state index in [0.29, 0.717) is 25.3 Å². The first-order valence-electron chi connectivity index (χ1n) is 13.7. The lowest BCUT2D eigenvalue weighted by Gasteiger charge is -2.40. The molecule has 6 rings (SSSR count). The normalized spacial score (nSPS) is 20.3. The molecule has 0 amide bonds. The minimum Gasteiger partial charge on any atom is -0.487 e. The van der Waals surface area contributed by atoms with Gasteiger partial charge in [-0.25, -0.2) is 13.8 Å². The Morgan fingerprint density at radius 3 is 2.55 bits per heavy atom. The number of rotatable bonds is 8. The molecule has 2 aliphatic rings. The maximum absolute atomic E-state index is 13.4. The van der Waals surface area contributed by atoms with Gasteiger partial charge in [-0.05, 0) is 61.2 Å². The Labute approximate surface area is 231 Å². The fourth-order valence-corrected chi connectivity index (χ4v) is 5.83. The maximum Gasteiger partial charge on any atom is 0.307 e. The highest BCUT2D eigenvalue weighted by Crippen LogP contribution is 2.40. The Morgan fingerprint density at radius 2 is 1.85 bits per heavy atom. The molecule has 7 nitrogen and oxygen atoms in total. The first-order valence-corrected chi connectivity index (χ1v) is 13.7. The molecule has 1 aliphatic carbocycles. The van der Waals surface area contributed by atoms with Crippen LogP contribution in [0, 0.1) is 12.8 Å². The standard InChI is InChI=1S/C31H32F2N4O3/c1-20-6-9-22(34-15-20)17-40-24-12-13-27-28(14-24)37(29(35-27)25-4-2-3-5-26(25)30(38)39)16-21-7-10-23(11-8-21)36-18-31(32,33)19-36/h6-15,25-26H,2-5,16-19H2,1H3,(H,38,39)/t25?,26-/m0/s1. The summed E-state index contributed by atoms with van der Waals surface area (Å²) in [7, 11) is 0. The first kappa shape index (κ1) is 26.2. The van der Waals surface area contributed by atoms with Crippen LogP contribution in [0.1, 0.15) is 54.2 Å². The predicted molar refractivity (Wildman–Crippen MR) is 148 cm³/mol. The summed E-state index contributed by atoms with van der Waals surface area (Å²) in [6, 6.07) is 17.3. The van der Waals surface area contributed by atoms with Crippen molar-refractivity contribution in [3.05, 3.63) is 83.4 Å². The van der Waals surface area contributed by atoms with Crippen LogP contribution in [0.3, 0.4) is 0 Å². The average Bonchev–Trinajstić information content (AvgIpc) is 3.29. The second kappa shape index (κ2) is 10.5. The summed E-state index contributed by atoms with van der Waals surface area (Å²) >= 11 is 0. The van der Waals surface area contributed by atoms with Gasteiger partial charge in [0.05, 0.1) is 35.7 Å². The van der Waals surface area contributed by atoms with Gasteiger partial charge in [0.25, 0.3) is 5.92 Å². The zero-order valence-electron chi connectivity index (χ0n) is 22.4. The summed E-state index contributed by atoms with van der Waals surface area (Å²) in [5.41, 5.74) is 5.31. The Kier molecular flexibility index (Phi) is 6.90. The average molecular weight is 547 g/mol. The second-order valence-corrected chi connectivity index (χ2v) is 11.0. The van der Waals surface area contributed by atoms with Gasteiger partial charge in [-0.3, -0.25) is 9.78 Å². The molecule has 0 radical (unpaired) electrons. The number of carboxylic acids is 1. The third-order valence-corrected chi connectivity index (χ3v) is 8.01. The number of halogens is 2. The van der Waals surface area contributed by atoms with Gasteiger partial charge in [-0.15, -0.1) is 0 Å². The lowest BCUT2D eigenvalue weighted by molar-refractivity contribution is -0.143. The van der Waals surface area contributed by atoms with Crippen molar-refractivity contribution >= 4 is 22.7 Å². The molecule has 1 saturated heterocycles. The Balaban J connectivity index is 1.32. The summed E-state index contributed by atoms with van der Waals surface area (Å²) in [6.07, 6.45) is 5.08. The van der Waals surface area contributed by atoms with E-state index in [0.717, 1.165) is 58.6 Å². The first-order chi connectivity index (χ1) is 19.3. The lowest BCUT2D eigenvalue weighted by atomic mass is 9.78. The molecule has 208 valence electrons. The van der Waals surface area contributed by atoms with Crippen LogP contribution in [-0.2, 0) is 17.9 Å². The molecular formula is C31H32F2N4O3. The molecule has 2 atom stereocenters. The maximum atomic E-state index is 13.4. The molecule has 4 aromatic rings. The van der Waals surface area contributed by atoms with Crippen molar-refractivity contribution in [2.24, 2.45) is 5.92 Å². The number of carboxylic acid groups (broad SMARTS) is 1. The quantitative estimate of drug-likeness (QED) is 0.284. The van der Waals surface area contributed by atoms with Crippen LogP contribution in [0.4, 0.5) is 14.5 Å². The van der Waals surface area contributed by atoms with Crippen molar-refractivity contribution in [3.8, 4) is 5.75 Å². The number of anilines is 1. The van der Waals surface area contributed by atoms with Crippen molar-refractivity contribution in [1.82, 2.24) is 14.5 Å². The van der Waals surface area contributed by atoms with Gasteiger partial charge in [0.2, 0.25) is 0 Å². The number of hydrogen-bond acceptors (Lipinski definition) is 5. The van der Waals surface area contributed by atoms with Crippen molar-refractivity contribution in [3.63, 3.8) is 0 Å². The number of pyridine rings is 1. The van der Waals surface area contributed by atoms with Crippen LogP contribution >= 0.6 is 0 Å².